The molecule has 1 rings (SSSR count). The van der Waals surface area contributed by atoms with Gasteiger partial charge in [0.05, 0.1) is 0 Å². The maximum absolute atomic E-state index is 11.0. The predicted octanol–water partition coefficient (Wildman–Crippen LogP) is 2.23. The molecule has 0 radical (unpaired) electrons. The second-order valence-electron chi connectivity index (χ2n) is 5.58. The van der Waals surface area contributed by atoms with Crippen LogP contribution in [0.2, 0.25) is 0 Å². The Balaban J connectivity index is 0.00000361. The quantitative estimate of drug-likeness (QED) is 0.454. The Morgan fingerprint density at radius 3 is 1.65 bits per heavy atom. The molecule has 0 aliphatic heterocycles. The zero-order chi connectivity index (χ0) is 13.8. The first-order valence-electron chi connectivity index (χ1n) is 8.09. The van der Waals surface area contributed by atoms with Gasteiger partial charge >= 0.3 is 51.4 Å². The van der Waals surface area contributed by atoms with Crippen molar-refractivity contribution in [3.8, 4) is 5.75 Å². The van der Waals surface area contributed by atoms with Crippen molar-refractivity contribution in [3.05, 3.63) is 29.8 Å². The fourth-order valence-corrected chi connectivity index (χ4v) is 2.47. The van der Waals surface area contributed by atoms with Crippen molar-refractivity contribution in [2.75, 3.05) is 0 Å². The summed E-state index contributed by atoms with van der Waals surface area (Å²) in [6.07, 6.45) is 14.9. The van der Waals surface area contributed by atoms with Crippen molar-refractivity contribution in [2.45, 2.75) is 77.6 Å². The van der Waals surface area contributed by atoms with Crippen molar-refractivity contribution in [2.24, 2.45) is 0 Å². The molecular weight excluding hydrogens is 271 g/mol. The summed E-state index contributed by atoms with van der Waals surface area (Å²) in [4.78, 5) is 0. The molecule has 0 bridgehead atoms. The van der Waals surface area contributed by atoms with Crippen molar-refractivity contribution in [3.63, 3.8) is 0 Å². The third-order valence-corrected chi connectivity index (χ3v) is 3.74. The Kier molecular flexibility index (Phi) is 15.1. The van der Waals surface area contributed by atoms with E-state index in [1.54, 1.807) is 12.1 Å². The van der Waals surface area contributed by atoms with Gasteiger partial charge in [-0.2, -0.15) is 0 Å². The maximum atomic E-state index is 11.0. The Hall–Kier alpha value is 0.656. The molecule has 0 aliphatic rings. The van der Waals surface area contributed by atoms with Crippen LogP contribution in [0.5, 0.6) is 5.75 Å². The number of unbranched alkanes of at least 4 members (excludes halogenated alkanes) is 9. The van der Waals surface area contributed by atoms with Crippen LogP contribution in [0.1, 0.15) is 76.7 Å². The minimum Gasteiger partial charge on any atom is -0.872 e. The number of rotatable bonds is 11. The molecule has 0 fully saturated rings. The topological polar surface area (TPSA) is 23.1 Å². The van der Waals surface area contributed by atoms with Crippen LogP contribution in [0, 0.1) is 0 Å². The molecule has 2 heteroatoms. The van der Waals surface area contributed by atoms with Crippen LogP contribution in [0.15, 0.2) is 24.3 Å². The average molecular weight is 301 g/mol. The monoisotopic (exact) mass is 300 g/mol. The molecule has 1 aromatic carbocycles. The van der Waals surface area contributed by atoms with Crippen molar-refractivity contribution >= 4 is 0 Å². The van der Waals surface area contributed by atoms with Crippen molar-refractivity contribution in [1.29, 1.82) is 0 Å². The molecule has 108 valence electrons. The van der Waals surface area contributed by atoms with Gasteiger partial charge in [-0.3, -0.25) is 0 Å². The van der Waals surface area contributed by atoms with Crippen LogP contribution in [0.25, 0.3) is 0 Å². The van der Waals surface area contributed by atoms with Crippen molar-refractivity contribution in [1.82, 2.24) is 0 Å². The van der Waals surface area contributed by atoms with E-state index >= 15 is 0 Å². The Labute approximate surface area is 168 Å². The molecule has 0 unspecified atom stereocenters. The molecule has 0 aliphatic carbocycles. The first-order chi connectivity index (χ1) is 9.33. The molecule has 0 heterocycles. The summed E-state index contributed by atoms with van der Waals surface area (Å²) in [6.45, 7) is 2.27. The first kappa shape index (κ1) is 20.7. The fourth-order valence-electron chi connectivity index (χ4n) is 2.47. The molecule has 20 heavy (non-hydrogen) atoms. The Morgan fingerprint density at radius 2 is 1.15 bits per heavy atom. The summed E-state index contributed by atoms with van der Waals surface area (Å²) >= 11 is 0. The van der Waals surface area contributed by atoms with E-state index in [1.807, 2.05) is 12.1 Å². The molecule has 0 atom stereocenters. The third kappa shape index (κ3) is 11.3. The van der Waals surface area contributed by atoms with Gasteiger partial charge in [-0.25, -0.2) is 0 Å². The van der Waals surface area contributed by atoms with E-state index in [1.165, 1.54) is 69.8 Å². The first-order valence-corrected chi connectivity index (χ1v) is 8.09. The van der Waals surface area contributed by atoms with E-state index < -0.39 is 0 Å². The summed E-state index contributed by atoms with van der Waals surface area (Å²) in [6, 6.07) is 7.28. The van der Waals surface area contributed by atoms with Crippen LogP contribution in [0.4, 0.5) is 0 Å². The summed E-state index contributed by atoms with van der Waals surface area (Å²) in [7, 11) is 0. The predicted molar refractivity (Wildman–Crippen MR) is 81.4 cm³/mol. The van der Waals surface area contributed by atoms with Crippen molar-refractivity contribution < 1.29 is 56.5 Å². The van der Waals surface area contributed by atoms with Gasteiger partial charge < -0.3 is 5.11 Å². The number of hydrogen-bond donors (Lipinski definition) is 0. The summed E-state index contributed by atoms with van der Waals surface area (Å²) in [5.74, 6) is 0.117. The molecule has 0 amide bonds. The second-order valence-corrected chi connectivity index (χ2v) is 5.58. The summed E-state index contributed by atoms with van der Waals surface area (Å²) in [5.41, 5.74) is 1.30. The molecule has 1 nitrogen and oxygen atoms in total. The van der Waals surface area contributed by atoms with Gasteiger partial charge in [0, 0.05) is 0 Å². The molecular formula is C18H29KO. The van der Waals surface area contributed by atoms with E-state index in [0.29, 0.717) is 0 Å². The van der Waals surface area contributed by atoms with Crippen LogP contribution in [-0.2, 0) is 6.42 Å². The molecule has 0 saturated heterocycles. The van der Waals surface area contributed by atoms with Crippen LogP contribution in [0.3, 0.4) is 0 Å². The normalized spacial score (nSPS) is 10.2. The van der Waals surface area contributed by atoms with Gasteiger partial charge in [-0.05, 0) is 18.4 Å². The Morgan fingerprint density at radius 1 is 0.700 bits per heavy atom. The minimum atomic E-state index is 0. The third-order valence-electron chi connectivity index (χ3n) is 3.74. The number of aryl methyl sites for hydroxylation is 1. The van der Waals surface area contributed by atoms with Crippen LogP contribution < -0.4 is 56.5 Å². The number of hydrogen-bond acceptors (Lipinski definition) is 1. The SMILES string of the molecule is CCCCCCCCCCCCc1ccc([O-])cc1.[K+]. The van der Waals surface area contributed by atoms with Gasteiger partial charge in [0.15, 0.2) is 0 Å². The van der Waals surface area contributed by atoms with Gasteiger partial charge in [-0.1, -0.05) is 89.0 Å². The van der Waals surface area contributed by atoms with E-state index in [2.05, 4.69) is 6.92 Å². The van der Waals surface area contributed by atoms with Crippen LogP contribution in [-0.4, -0.2) is 0 Å². The molecule has 1 aromatic rings. The van der Waals surface area contributed by atoms with Gasteiger partial charge in [0.25, 0.3) is 0 Å². The second kappa shape index (κ2) is 14.6. The van der Waals surface area contributed by atoms with E-state index in [4.69, 9.17) is 0 Å². The zero-order valence-corrected chi connectivity index (χ0v) is 16.6. The van der Waals surface area contributed by atoms with Gasteiger partial charge in [0.2, 0.25) is 0 Å². The van der Waals surface area contributed by atoms with E-state index in [-0.39, 0.29) is 57.1 Å². The fraction of sp³-hybridized carbons (Fsp3) is 0.667. The zero-order valence-electron chi connectivity index (χ0n) is 13.5. The van der Waals surface area contributed by atoms with E-state index in [0.717, 1.165) is 6.42 Å². The smallest absolute Gasteiger partial charge is 0.872 e. The molecule has 0 spiro atoms. The maximum Gasteiger partial charge on any atom is 1.00 e. The van der Waals surface area contributed by atoms with Gasteiger partial charge in [-0.15, -0.1) is 5.75 Å². The molecule has 0 saturated carbocycles. The van der Waals surface area contributed by atoms with E-state index in [9.17, 15) is 5.11 Å². The van der Waals surface area contributed by atoms with Crippen LogP contribution >= 0.6 is 0 Å². The average Bonchev–Trinajstić information content (AvgIpc) is 2.43. The standard InChI is InChI=1S/C18H30O.K/c1-2-3-4-5-6-7-8-9-10-11-12-17-13-15-18(19)16-14-17;/h13-16,19H,2-12H2,1H3;/q;+1/p-1. The summed E-state index contributed by atoms with van der Waals surface area (Å²) in [5, 5.41) is 11.0. The number of benzene rings is 1. The van der Waals surface area contributed by atoms with Gasteiger partial charge in [0.1, 0.15) is 0 Å². The molecule has 0 aromatic heterocycles. The minimum absolute atomic E-state index is 0. The summed E-state index contributed by atoms with van der Waals surface area (Å²) < 4.78 is 0. The molecule has 0 N–H and O–H groups in total. The Bertz CT molecular complexity index is 308. The largest absolute Gasteiger partial charge is 1.00 e.